The molecule has 1 saturated carbocycles. The van der Waals surface area contributed by atoms with Gasteiger partial charge in [-0.2, -0.15) is 0 Å². The molecule has 17 heavy (non-hydrogen) atoms. The second kappa shape index (κ2) is 5.96. The van der Waals surface area contributed by atoms with Crippen molar-refractivity contribution < 1.29 is 4.39 Å². The summed E-state index contributed by atoms with van der Waals surface area (Å²) in [6, 6.07) is 5.23. The minimum Gasteiger partial charge on any atom is -0.330 e. The number of hydrogen-bond donors (Lipinski definition) is 1. The highest BCUT2D eigenvalue weighted by Gasteiger charge is 2.26. The highest BCUT2D eigenvalue weighted by Crippen LogP contribution is 2.37. The standard InChI is InChI=1S/C14H19BrFN/c15-11-6-7-14(16)13(8-11)12-5-3-1-2-4-10(12)9-17/h6-8,10,12H,1-5,9,17H2. The van der Waals surface area contributed by atoms with Crippen LogP contribution in [-0.2, 0) is 0 Å². The van der Waals surface area contributed by atoms with Crippen LogP contribution < -0.4 is 5.73 Å². The molecule has 0 heterocycles. The smallest absolute Gasteiger partial charge is 0.126 e. The Labute approximate surface area is 111 Å². The van der Waals surface area contributed by atoms with Crippen molar-refractivity contribution >= 4 is 15.9 Å². The lowest BCUT2D eigenvalue weighted by Gasteiger charge is -2.24. The monoisotopic (exact) mass is 299 g/mol. The highest BCUT2D eigenvalue weighted by atomic mass is 79.9. The van der Waals surface area contributed by atoms with Gasteiger partial charge in [-0.05, 0) is 55.0 Å². The fourth-order valence-corrected chi connectivity index (χ4v) is 3.25. The molecule has 94 valence electrons. The second-order valence-electron chi connectivity index (χ2n) is 4.91. The van der Waals surface area contributed by atoms with Crippen LogP contribution in [-0.4, -0.2) is 6.54 Å². The Morgan fingerprint density at radius 1 is 1.24 bits per heavy atom. The van der Waals surface area contributed by atoms with Gasteiger partial charge in [0.25, 0.3) is 0 Å². The number of hydrogen-bond acceptors (Lipinski definition) is 1. The summed E-state index contributed by atoms with van der Waals surface area (Å²) in [4.78, 5) is 0. The normalized spacial score (nSPS) is 25.6. The van der Waals surface area contributed by atoms with Crippen LogP contribution in [0.2, 0.25) is 0 Å². The Hall–Kier alpha value is -0.410. The van der Waals surface area contributed by atoms with Crippen molar-refractivity contribution in [3.8, 4) is 0 Å². The predicted molar refractivity (Wildman–Crippen MR) is 72.5 cm³/mol. The van der Waals surface area contributed by atoms with E-state index in [9.17, 15) is 4.39 Å². The molecular formula is C14H19BrFN. The molecule has 1 aromatic rings. The molecule has 0 aliphatic heterocycles. The van der Waals surface area contributed by atoms with Crippen molar-refractivity contribution in [1.82, 2.24) is 0 Å². The maximum absolute atomic E-state index is 13.9. The minimum absolute atomic E-state index is 0.0847. The Morgan fingerprint density at radius 2 is 2.00 bits per heavy atom. The van der Waals surface area contributed by atoms with Gasteiger partial charge in [0.1, 0.15) is 5.82 Å². The Balaban J connectivity index is 2.31. The molecule has 1 fully saturated rings. The van der Waals surface area contributed by atoms with Gasteiger partial charge in [0.15, 0.2) is 0 Å². The lowest BCUT2D eigenvalue weighted by atomic mass is 9.82. The molecule has 2 unspecified atom stereocenters. The molecular weight excluding hydrogens is 281 g/mol. The van der Waals surface area contributed by atoms with E-state index >= 15 is 0 Å². The molecule has 2 rings (SSSR count). The molecule has 3 heteroatoms. The van der Waals surface area contributed by atoms with E-state index in [1.807, 2.05) is 6.07 Å². The average molecular weight is 300 g/mol. The number of halogens is 2. The van der Waals surface area contributed by atoms with Crippen molar-refractivity contribution in [1.29, 1.82) is 0 Å². The van der Waals surface area contributed by atoms with Gasteiger partial charge < -0.3 is 5.73 Å². The van der Waals surface area contributed by atoms with Crippen LogP contribution >= 0.6 is 15.9 Å². The summed E-state index contributed by atoms with van der Waals surface area (Å²) in [5, 5.41) is 0. The summed E-state index contributed by atoms with van der Waals surface area (Å²) in [6.07, 6.45) is 5.87. The zero-order valence-electron chi connectivity index (χ0n) is 9.96. The lowest BCUT2D eigenvalue weighted by molar-refractivity contribution is 0.396. The van der Waals surface area contributed by atoms with Crippen LogP contribution in [0.25, 0.3) is 0 Å². The number of nitrogens with two attached hydrogens (primary N) is 1. The van der Waals surface area contributed by atoms with E-state index in [0.29, 0.717) is 18.4 Å². The van der Waals surface area contributed by atoms with Crippen LogP contribution in [0.4, 0.5) is 4.39 Å². The fourth-order valence-electron chi connectivity index (χ4n) is 2.87. The third-order valence-electron chi connectivity index (χ3n) is 3.82. The van der Waals surface area contributed by atoms with Gasteiger partial charge in [-0.15, -0.1) is 0 Å². The fraction of sp³-hybridized carbons (Fsp3) is 0.571. The first-order chi connectivity index (χ1) is 8.22. The number of rotatable bonds is 2. The third-order valence-corrected chi connectivity index (χ3v) is 4.31. The van der Waals surface area contributed by atoms with Gasteiger partial charge in [-0.25, -0.2) is 4.39 Å². The quantitative estimate of drug-likeness (QED) is 0.813. The summed E-state index contributed by atoms with van der Waals surface area (Å²) in [7, 11) is 0. The van der Waals surface area contributed by atoms with Crippen LogP contribution in [0.3, 0.4) is 0 Å². The first-order valence-corrected chi connectivity index (χ1v) is 7.16. The van der Waals surface area contributed by atoms with Gasteiger partial charge in [-0.1, -0.05) is 35.2 Å². The van der Waals surface area contributed by atoms with E-state index in [1.165, 1.54) is 19.3 Å². The summed E-state index contributed by atoms with van der Waals surface area (Å²) >= 11 is 3.43. The summed E-state index contributed by atoms with van der Waals surface area (Å²) in [5.41, 5.74) is 6.70. The first kappa shape index (κ1) is 13.0. The van der Waals surface area contributed by atoms with Gasteiger partial charge in [0.05, 0.1) is 0 Å². The van der Waals surface area contributed by atoms with Gasteiger partial charge in [0, 0.05) is 4.47 Å². The van der Waals surface area contributed by atoms with Gasteiger partial charge >= 0.3 is 0 Å². The summed E-state index contributed by atoms with van der Waals surface area (Å²) < 4.78 is 14.9. The van der Waals surface area contributed by atoms with E-state index in [-0.39, 0.29) is 5.82 Å². The van der Waals surface area contributed by atoms with Gasteiger partial charge in [0.2, 0.25) is 0 Å². The van der Waals surface area contributed by atoms with Crippen molar-refractivity contribution in [3.63, 3.8) is 0 Å². The van der Waals surface area contributed by atoms with Crippen LogP contribution in [0.15, 0.2) is 22.7 Å². The highest BCUT2D eigenvalue weighted by molar-refractivity contribution is 9.10. The molecule has 1 aromatic carbocycles. The largest absolute Gasteiger partial charge is 0.330 e. The Morgan fingerprint density at radius 3 is 2.76 bits per heavy atom. The van der Waals surface area contributed by atoms with Crippen molar-refractivity contribution in [2.75, 3.05) is 6.54 Å². The zero-order valence-corrected chi connectivity index (χ0v) is 11.5. The molecule has 1 nitrogen and oxygen atoms in total. The lowest BCUT2D eigenvalue weighted by Crippen LogP contribution is -2.22. The SMILES string of the molecule is NCC1CCCCCC1c1cc(Br)ccc1F. The minimum atomic E-state index is -0.0847. The third kappa shape index (κ3) is 3.08. The molecule has 1 aliphatic rings. The molecule has 0 aromatic heterocycles. The van der Waals surface area contributed by atoms with Crippen molar-refractivity contribution in [2.24, 2.45) is 11.7 Å². The van der Waals surface area contributed by atoms with Crippen LogP contribution in [0.1, 0.15) is 43.6 Å². The molecule has 0 radical (unpaired) electrons. The van der Waals surface area contributed by atoms with E-state index < -0.39 is 0 Å². The van der Waals surface area contributed by atoms with Crippen LogP contribution in [0, 0.1) is 11.7 Å². The van der Waals surface area contributed by atoms with Gasteiger partial charge in [-0.3, -0.25) is 0 Å². The predicted octanol–water partition coefficient (Wildman–Crippen LogP) is 4.21. The molecule has 1 aliphatic carbocycles. The Bertz CT molecular complexity index is 380. The Kier molecular flexibility index (Phi) is 4.57. The number of benzene rings is 1. The van der Waals surface area contributed by atoms with E-state index in [4.69, 9.17) is 5.73 Å². The van der Waals surface area contributed by atoms with Crippen LogP contribution in [0.5, 0.6) is 0 Å². The molecule has 2 atom stereocenters. The molecule has 0 spiro atoms. The molecule has 0 amide bonds. The maximum Gasteiger partial charge on any atom is 0.126 e. The summed E-state index contributed by atoms with van der Waals surface area (Å²) in [6.45, 7) is 0.663. The van der Waals surface area contributed by atoms with E-state index in [0.717, 1.165) is 22.9 Å². The molecule has 0 saturated heterocycles. The van der Waals surface area contributed by atoms with Crippen molar-refractivity contribution in [3.05, 3.63) is 34.1 Å². The summed E-state index contributed by atoms with van der Waals surface area (Å²) in [5.74, 6) is 0.639. The second-order valence-corrected chi connectivity index (χ2v) is 5.82. The zero-order chi connectivity index (χ0) is 12.3. The maximum atomic E-state index is 13.9. The first-order valence-electron chi connectivity index (χ1n) is 6.37. The van der Waals surface area contributed by atoms with E-state index in [2.05, 4.69) is 15.9 Å². The topological polar surface area (TPSA) is 26.0 Å². The molecule has 0 bridgehead atoms. The van der Waals surface area contributed by atoms with E-state index in [1.54, 1.807) is 12.1 Å². The average Bonchev–Trinajstić information content (AvgIpc) is 2.57. The van der Waals surface area contributed by atoms with Crippen molar-refractivity contribution in [2.45, 2.75) is 38.0 Å². The molecule has 2 N–H and O–H groups in total.